The number of hydrogen-bond acceptors (Lipinski definition) is 7. The Hall–Kier alpha value is -2.48. The van der Waals surface area contributed by atoms with Crippen LogP contribution in [0.4, 0.5) is 5.95 Å². The van der Waals surface area contributed by atoms with Crippen molar-refractivity contribution in [3.05, 3.63) is 42.0 Å². The molecule has 0 saturated heterocycles. The van der Waals surface area contributed by atoms with Crippen molar-refractivity contribution in [3.63, 3.8) is 0 Å². The Morgan fingerprint density at radius 1 is 1.00 bits per heavy atom. The number of benzene rings is 1. The molecule has 27 heavy (non-hydrogen) atoms. The Labute approximate surface area is 163 Å². The fourth-order valence-corrected chi connectivity index (χ4v) is 3.35. The summed E-state index contributed by atoms with van der Waals surface area (Å²) in [6, 6.07) is 10.2. The van der Waals surface area contributed by atoms with E-state index in [0.29, 0.717) is 22.2 Å². The summed E-state index contributed by atoms with van der Waals surface area (Å²) in [5.41, 5.74) is 1.03. The normalized spacial score (nSPS) is 14.0. The van der Waals surface area contributed by atoms with E-state index in [-0.39, 0.29) is 5.92 Å². The van der Waals surface area contributed by atoms with Crippen LogP contribution >= 0.6 is 11.8 Å². The van der Waals surface area contributed by atoms with Crippen molar-refractivity contribution in [1.29, 1.82) is 0 Å². The molecule has 1 aromatic carbocycles. The Morgan fingerprint density at radius 2 is 1.74 bits per heavy atom. The highest BCUT2D eigenvalue weighted by atomic mass is 32.2. The standard InChI is InChI=1S/C19H23N7S/c1-12(2)15-20-17(25(3)4)23-18(21-15)27-19-22-16(13-10-11-13)26(24-19)14-8-6-5-7-9-14/h5-9,12-13H,10-11H2,1-4H3. The molecule has 0 unspecified atom stereocenters. The molecule has 0 aliphatic heterocycles. The van der Waals surface area contributed by atoms with Gasteiger partial charge in [-0.05, 0) is 36.7 Å². The Balaban J connectivity index is 1.69. The molecule has 0 bridgehead atoms. The van der Waals surface area contributed by atoms with Crippen LogP contribution in [0.15, 0.2) is 40.6 Å². The van der Waals surface area contributed by atoms with Gasteiger partial charge in [0.2, 0.25) is 16.3 Å². The van der Waals surface area contributed by atoms with Crippen molar-refractivity contribution in [3.8, 4) is 5.69 Å². The summed E-state index contributed by atoms with van der Waals surface area (Å²) in [5.74, 6) is 3.17. The molecule has 1 aliphatic rings. The molecule has 8 heteroatoms. The summed E-state index contributed by atoms with van der Waals surface area (Å²) < 4.78 is 1.96. The Bertz CT molecular complexity index is 906. The molecular formula is C19H23N7S. The number of hydrogen-bond donors (Lipinski definition) is 0. The maximum absolute atomic E-state index is 4.79. The van der Waals surface area contributed by atoms with E-state index in [4.69, 9.17) is 10.1 Å². The molecule has 4 rings (SSSR count). The zero-order valence-electron chi connectivity index (χ0n) is 16.0. The maximum Gasteiger partial charge on any atom is 0.229 e. The van der Waals surface area contributed by atoms with Crippen LogP contribution < -0.4 is 4.90 Å². The highest BCUT2D eigenvalue weighted by Crippen LogP contribution is 2.40. The lowest BCUT2D eigenvalue weighted by atomic mass is 10.2. The number of para-hydroxylation sites is 1. The molecule has 1 aliphatic carbocycles. The van der Waals surface area contributed by atoms with Crippen LogP contribution in [0.3, 0.4) is 0 Å². The summed E-state index contributed by atoms with van der Waals surface area (Å²) in [5, 5.41) is 6.04. The zero-order chi connectivity index (χ0) is 19.0. The van der Waals surface area contributed by atoms with E-state index in [1.165, 1.54) is 24.6 Å². The molecule has 2 heterocycles. The van der Waals surface area contributed by atoms with Crippen molar-refractivity contribution in [1.82, 2.24) is 29.7 Å². The van der Waals surface area contributed by atoms with Crippen LogP contribution in [0, 0.1) is 0 Å². The Morgan fingerprint density at radius 3 is 2.37 bits per heavy atom. The van der Waals surface area contributed by atoms with Gasteiger partial charge in [-0.25, -0.2) is 14.6 Å². The second-order valence-electron chi connectivity index (χ2n) is 7.20. The van der Waals surface area contributed by atoms with Gasteiger partial charge in [-0.1, -0.05) is 32.0 Å². The minimum Gasteiger partial charge on any atom is -0.347 e. The molecule has 0 spiro atoms. The first kappa shape index (κ1) is 17.9. The number of anilines is 1. The molecule has 1 fully saturated rings. The van der Waals surface area contributed by atoms with Gasteiger partial charge in [-0.3, -0.25) is 0 Å². The molecule has 0 amide bonds. The molecular weight excluding hydrogens is 358 g/mol. The predicted octanol–water partition coefficient (Wildman–Crippen LogP) is 3.67. The van der Waals surface area contributed by atoms with Crippen LogP contribution in [0.25, 0.3) is 5.69 Å². The van der Waals surface area contributed by atoms with Crippen molar-refractivity contribution in [2.45, 2.75) is 48.8 Å². The summed E-state index contributed by atoms with van der Waals surface area (Å²) in [6.07, 6.45) is 2.34. The minimum atomic E-state index is 0.225. The third-order valence-electron chi connectivity index (χ3n) is 4.28. The molecule has 140 valence electrons. The van der Waals surface area contributed by atoms with Gasteiger partial charge in [0, 0.05) is 25.9 Å². The lowest BCUT2D eigenvalue weighted by Gasteiger charge is -2.13. The minimum absolute atomic E-state index is 0.225. The molecule has 0 atom stereocenters. The van der Waals surface area contributed by atoms with Gasteiger partial charge in [0.25, 0.3) is 0 Å². The summed E-state index contributed by atoms with van der Waals surface area (Å²) in [6.45, 7) is 4.16. The van der Waals surface area contributed by atoms with Gasteiger partial charge >= 0.3 is 0 Å². The fourth-order valence-electron chi connectivity index (χ4n) is 2.66. The summed E-state index contributed by atoms with van der Waals surface area (Å²) >= 11 is 1.39. The van der Waals surface area contributed by atoms with Crippen LogP contribution in [0.1, 0.15) is 50.2 Å². The first-order valence-electron chi connectivity index (χ1n) is 9.15. The van der Waals surface area contributed by atoms with E-state index in [1.807, 2.05) is 41.9 Å². The van der Waals surface area contributed by atoms with Crippen molar-refractivity contribution in [2.24, 2.45) is 0 Å². The monoisotopic (exact) mass is 381 g/mol. The third kappa shape index (κ3) is 3.95. The van der Waals surface area contributed by atoms with E-state index < -0.39 is 0 Å². The van der Waals surface area contributed by atoms with E-state index >= 15 is 0 Å². The Kier molecular flexibility index (Phi) is 4.82. The first-order valence-corrected chi connectivity index (χ1v) is 9.96. The van der Waals surface area contributed by atoms with E-state index in [9.17, 15) is 0 Å². The van der Waals surface area contributed by atoms with E-state index in [1.54, 1.807) is 0 Å². The van der Waals surface area contributed by atoms with E-state index in [2.05, 4.69) is 40.9 Å². The topological polar surface area (TPSA) is 72.6 Å². The fraction of sp³-hybridized carbons (Fsp3) is 0.421. The third-order valence-corrected chi connectivity index (χ3v) is 5.00. The SMILES string of the molecule is CC(C)c1nc(Sc2nc(C3CC3)n(-c3ccccc3)n2)nc(N(C)C)n1. The first-order chi connectivity index (χ1) is 13.0. The second kappa shape index (κ2) is 7.26. The van der Waals surface area contributed by atoms with Crippen LogP contribution in [0.2, 0.25) is 0 Å². The van der Waals surface area contributed by atoms with Gasteiger partial charge in [0.05, 0.1) is 5.69 Å². The quantitative estimate of drug-likeness (QED) is 0.645. The van der Waals surface area contributed by atoms with Crippen molar-refractivity contribution in [2.75, 3.05) is 19.0 Å². The van der Waals surface area contributed by atoms with Gasteiger partial charge in [-0.15, -0.1) is 5.10 Å². The van der Waals surface area contributed by atoms with Gasteiger partial charge in [0.1, 0.15) is 11.6 Å². The smallest absolute Gasteiger partial charge is 0.229 e. The van der Waals surface area contributed by atoms with Gasteiger partial charge < -0.3 is 4.90 Å². The van der Waals surface area contributed by atoms with Gasteiger partial charge in [0.15, 0.2) is 0 Å². The highest BCUT2D eigenvalue weighted by Gasteiger charge is 2.30. The summed E-state index contributed by atoms with van der Waals surface area (Å²) in [7, 11) is 3.86. The lowest BCUT2D eigenvalue weighted by molar-refractivity contribution is 0.715. The number of rotatable bonds is 6. The average Bonchev–Trinajstić information content (AvgIpc) is 3.42. The molecule has 7 nitrogen and oxygen atoms in total. The maximum atomic E-state index is 4.79. The predicted molar refractivity (Wildman–Crippen MR) is 106 cm³/mol. The zero-order valence-corrected chi connectivity index (χ0v) is 16.8. The largest absolute Gasteiger partial charge is 0.347 e. The van der Waals surface area contributed by atoms with Crippen molar-refractivity contribution >= 4 is 17.7 Å². The van der Waals surface area contributed by atoms with Crippen LogP contribution in [-0.2, 0) is 0 Å². The average molecular weight is 382 g/mol. The van der Waals surface area contributed by atoms with Crippen LogP contribution in [0.5, 0.6) is 0 Å². The van der Waals surface area contributed by atoms with Gasteiger partial charge in [-0.2, -0.15) is 9.97 Å². The van der Waals surface area contributed by atoms with E-state index in [0.717, 1.165) is 17.3 Å². The molecule has 1 saturated carbocycles. The molecule has 2 aromatic heterocycles. The number of aromatic nitrogens is 6. The second-order valence-corrected chi connectivity index (χ2v) is 8.14. The molecule has 3 aromatic rings. The number of nitrogens with zero attached hydrogens (tertiary/aromatic N) is 7. The highest BCUT2D eigenvalue weighted by molar-refractivity contribution is 7.99. The summed E-state index contributed by atoms with van der Waals surface area (Å²) in [4.78, 5) is 20.4. The molecule has 0 radical (unpaired) electrons. The molecule has 0 N–H and O–H groups in total. The lowest BCUT2D eigenvalue weighted by Crippen LogP contribution is -2.15. The van der Waals surface area contributed by atoms with Crippen LogP contribution in [-0.4, -0.2) is 43.8 Å². The van der Waals surface area contributed by atoms with Crippen molar-refractivity contribution < 1.29 is 0 Å².